The van der Waals surface area contributed by atoms with E-state index < -0.39 is 17.2 Å². The summed E-state index contributed by atoms with van der Waals surface area (Å²) in [6, 6.07) is 0.152. The van der Waals surface area contributed by atoms with Crippen LogP contribution in [0.2, 0.25) is 0 Å². The number of carbonyl (C=O) groups is 1. The molecule has 178 valence electrons. The van der Waals surface area contributed by atoms with Crippen LogP contribution in [-0.4, -0.2) is 71.6 Å². The molecule has 1 rings (SSSR count). The van der Waals surface area contributed by atoms with Crippen molar-refractivity contribution < 1.29 is 9.53 Å². The number of amides is 1. The number of ether oxygens (including phenoxy) is 1. The topological polar surface area (TPSA) is 95.8 Å². The monoisotopic (exact) mass is 437 g/mol. The number of likely N-dealkylation sites (N-methyl/N-ethyl adjacent to an activating group) is 1. The van der Waals surface area contributed by atoms with E-state index in [0.29, 0.717) is 13.1 Å². The second kappa shape index (κ2) is 11.9. The Hall–Kier alpha value is -2.29. The van der Waals surface area contributed by atoms with Gasteiger partial charge in [-0.05, 0) is 54.6 Å². The van der Waals surface area contributed by atoms with Gasteiger partial charge in [-0.1, -0.05) is 13.8 Å². The van der Waals surface area contributed by atoms with Gasteiger partial charge in [-0.2, -0.15) is 5.10 Å². The summed E-state index contributed by atoms with van der Waals surface area (Å²) in [5, 5.41) is 14.1. The minimum atomic E-state index is -0.537. The third kappa shape index (κ3) is 9.16. The highest BCUT2D eigenvalue weighted by molar-refractivity contribution is 5.80. The SMILES string of the molecule is CCNC(=NCC(CC)(CC)NC(=O)OC(C)(C)C)NCC(c1cnn(C)c1)N(C)C. The van der Waals surface area contributed by atoms with Gasteiger partial charge < -0.3 is 25.6 Å². The maximum Gasteiger partial charge on any atom is 0.408 e. The third-order valence-electron chi connectivity index (χ3n) is 5.20. The van der Waals surface area contributed by atoms with Crippen LogP contribution in [0.3, 0.4) is 0 Å². The molecule has 9 heteroatoms. The lowest BCUT2D eigenvalue weighted by Crippen LogP contribution is -2.52. The van der Waals surface area contributed by atoms with Crippen molar-refractivity contribution in [2.24, 2.45) is 12.0 Å². The molecule has 0 fully saturated rings. The summed E-state index contributed by atoms with van der Waals surface area (Å²) >= 11 is 0. The van der Waals surface area contributed by atoms with E-state index in [1.54, 1.807) is 0 Å². The fourth-order valence-electron chi connectivity index (χ4n) is 3.19. The number of carbonyl (C=O) groups excluding carboxylic acids is 1. The number of hydrogen-bond acceptors (Lipinski definition) is 5. The summed E-state index contributed by atoms with van der Waals surface area (Å²) in [7, 11) is 6.02. The van der Waals surface area contributed by atoms with Crippen molar-refractivity contribution in [3.05, 3.63) is 18.0 Å². The molecule has 0 saturated heterocycles. The van der Waals surface area contributed by atoms with Gasteiger partial charge in [0.1, 0.15) is 5.60 Å². The van der Waals surface area contributed by atoms with Crippen molar-refractivity contribution in [1.29, 1.82) is 0 Å². The number of aliphatic imine (C=N–C) groups is 1. The molecule has 0 bridgehead atoms. The van der Waals surface area contributed by atoms with Gasteiger partial charge in [-0.15, -0.1) is 0 Å². The summed E-state index contributed by atoms with van der Waals surface area (Å²) in [6.45, 7) is 13.6. The summed E-state index contributed by atoms with van der Waals surface area (Å²) in [5.74, 6) is 0.718. The van der Waals surface area contributed by atoms with Crippen molar-refractivity contribution in [2.45, 2.75) is 71.6 Å². The molecule has 1 unspecified atom stereocenters. The maximum atomic E-state index is 12.4. The largest absolute Gasteiger partial charge is 0.444 e. The van der Waals surface area contributed by atoms with Crippen LogP contribution in [-0.2, 0) is 11.8 Å². The lowest BCUT2D eigenvalue weighted by molar-refractivity contribution is 0.0452. The molecule has 0 radical (unpaired) electrons. The molecular weight excluding hydrogens is 394 g/mol. The van der Waals surface area contributed by atoms with Crippen LogP contribution in [0, 0.1) is 0 Å². The predicted molar refractivity (Wildman–Crippen MR) is 126 cm³/mol. The first-order valence-corrected chi connectivity index (χ1v) is 11.1. The lowest BCUT2D eigenvalue weighted by Gasteiger charge is -2.33. The van der Waals surface area contributed by atoms with Gasteiger partial charge in [0.15, 0.2) is 5.96 Å². The van der Waals surface area contributed by atoms with E-state index in [9.17, 15) is 4.79 Å². The van der Waals surface area contributed by atoms with Crippen molar-refractivity contribution >= 4 is 12.1 Å². The second-order valence-electron chi connectivity index (χ2n) is 9.12. The predicted octanol–water partition coefficient (Wildman–Crippen LogP) is 2.66. The molecule has 1 aromatic rings. The standard InChI is InChI=1S/C22H43N7O2/c1-10-22(11-2,27-20(30)31-21(4,5)6)16-25-19(23-12-3)24-14-18(28(7)8)17-13-26-29(9)15-17/h13,15,18H,10-12,14,16H2,1-9H3,(H,27,30)(H2,23,24,25). The summed E-state index contributed by atoms with van der Waals surface area (Å²) in [5.41, 5.74) is 0.137. The highest BCUT2D eigenvalue weighted by Gasteiger charge is 2.30. The Labute approximate surface area is 188 Å². The van der Waals surface area contributed by atoms with Crippen LogP contribution in [0.25, 0.3) is 0 Å². The highest BCUT2D eigenvalue weighted by Crippen LogP contribution is 2.18. The van der Waals surface area contributed by atoms with Gasteiger partial charge in [-0.3, -0.25) is 9.67 Å². The smallest absolute Gasteiger partial charge is 0.408 e. The van der Waals surface area contributed by atoms with Gasteiger partial charge in [0, 0.05) is 31.9 Å². The first-order chi connectivity index (χ1) is 14.4. The summed E-state index contributed by atoms with van der Waals surface area (Å²) in [6.07, 6.45) is 5.01. The third-order valence-corrected chi connectivity index (χ3v) is 5.20. The van der Waals surface area contributed by atoms with Gasteiger partial charge in [0.2, 0.25) is 0 Å². The molecule has 31 heavy (non-hydrogen) atoms. The molecule has 0 aliphatic heterocycles. The molecule has 0 aliphatic rings. The lowest BCUT2D eigenvalue weighted by atomic mass is 9.93. The van der Waals surface area contributed by atoms with E-state index >= 15 is 0 Å². The minimum absolute atomic E-state index is 0.152. The van der Waals surface area contributed by atoms with Gasteiger partial charge in [0.05, 0.1) is 24.3 Å². The normalized spacial score (nSPS) is 13.8. The molecule has 0 aliphatic carbocycles. The molecule has 1 heterocycles. The first kappa shape index (κ1) is 26.7. The Bertz CT molecular complexity index is 703. The van der Waals surface area contributed by atoms with E-state index in [1.807, 2.05) is 65.9 Å². The number of rotatable bonds is 10. The van der Waals surface area contributed by atoms with E-state index in [0.717, 1.165) is 30.9 Å². The molecule has 9 nitrogen and oxygen atoms in total. The molecule has 1 aromatic heterocycles. The van der Waals surface area contributed by atoms with Gasteiger partial charge in [0.25, 0.3) is 0 Å². The first-order valence-electron chi connectivity index (χ1n) is 11.1. The number of hydrogen-bond donors (Lipinski definition) is 3. The van der Waals surface area contributed by atoms with Crippen LogP contribution < -0.4 is 16.0 Å². The van der Waals surface area contributed by atoms with E-state index in [1.165, 1.54) is 0 Å². The Morgan fingerprint density at radius 1 is 1.23 bits per heavy atom. The Balaban J connectivity index is 2.90. The molecule has 0 spiro atoms. The molecule has 1 atom stereocenters. The zero-order valence-electron chi connectivity index (χ0n) is 20.9. The molecule has 3 N–H and O–H groups in total. The minimum Gasteiger partial charge on any atom is -0.444 e. The summed E-state index contributed by atoms with van der Waals surface area (Å²) in [4.78, 5) is 19.3. The molecule has 0 aromatic carbocycles. The van der Waals surface area contributed by atoms with Gasteiger partial charge in [-0.25, -0.2) is 4.79 Å². The van der Waals surface area contributed by atoms with Crippen LogP contribution in [0.5, 0.6) is 0 Å². The van der Waals surface area contributed by atoms with Crippen molar-refractivity contribution in [3.63, 3.8) is 0 Å². The molecule has 1 amide bonds. The number of guanidine groups is 1. The van der Waals surface area contributed by atoms with Crippen LogP contribution in [0.15, 0.2) is 17.4 Å². The quantitative estimate of drug-likeness (QED) is 0.385. The van der Waals surface area contributed by atoms with E-state index in [-0.39, 0.29) is 6.04 Å². The number of aryl methyl sites for hydroxylation is 1. The Morgan fingerprint density at radius 3 is 2.32 bits per heavy atom. The maximum absolute atomic E-state index is 12.4. The fourth-order valence-corrected chi connectivity index (χ4v) is 3.19. The van der Waals surface area contributed by atoms with Crippen LogP contribution >= 0.6 is 0 Å². The average Bonchev–Trinajstić information content (AvgIpc) is 3.09. The Morgan fingerprint density at radius 2 is 1.87 bits per heavy atom. The van der Waals surface area contributed by atoms with Crippen molar-refractivity contribution in [3.8, 4) is 0 Å². The number of aromatic nitrogens is 2. The summed E-state index contributed by atoms with van der Waals surface area (Å²) < 4.78 is 7.27. The fraction of sp³-hybridized carbons (Fsp3) is 0.773. The zero-order valence-corrected chi connectivity index (χ0v) is 20.9. The zero-order chi connectivity index (χ0) is 23.7. The molecular formula is C22H43N7O2. The second-order valence-corrected chi connectivity index (χ2v) is 9.12. The van der Waals surface area contributed by atoms with E-state index in [2.05, 4.69) is 39.8 Å². The van der Waals surface area contributed by atoms with Gasteiger partial charge >= 0.3 is 6.09 Å². The number of nitrogens with zero attached hydrogens (tertiary/aromatic N) is 4. The average molecular weight is 438 g/mol. The highest BCUT2D eigenvalue weighted by atomic mass is 16.6. The van der Waals surface area contributed by atoms with Crippen LogP contribution in [0.4, 0.5) is 4.79 Å². The van der Waals surface area contributed by atoms with Crippen LogP contribution in [0.1, 0.15) is 66.0 Å². The Kier molecular flexibility index (Phi) is 10.3. The molecule has 0 saturated carbocycles. The number of nitrogens with one attached hydrogen (secondary N) is 3. The van der Waals surface area contributed by atoms with E-state index in [4.69, 9.17) is 9.73 Å². The van der Waals surface area contributed by atoms with Crippen molar-refractivity contribution in [2.75, 3.05) is 33.7 Å². The number of alkyl carbamates (subject to hydrolysis) is 1. The van der Waals surface area contributed by atoms with Crippen molar-refractivity contribution in [1.82, 2.24) is 30.6 Å².